The first-order valence-electron chi connectivity index (χ1n) is 9.12. The topological polar surface area (TPSA) is 93.5 Å². The van der Waals surface area contributed by atoms with Gasteiger partial charge in [-0.25, -0.2) is 12.8 Å². The number of nitrogens with one attached hydrogen (secondary N) is 1. The van der Waals surface area contributed by atoms with Crippen LogP contribution in [-0.4, -0.2) is 55.8 Å². The van der Waals surface area contributed by atoms with Crippen LogP contribution >= 0.6 is 0 Å². The van der Waals surface area contributed by atoms with Crippen molar-refractivity contribution in [3.05, 3.63) is 59.9 Å². The van der Waals surface area contributed by atoms with Crippen LogP contribution in [0.15, 0.2) is 53.4 Å². The van der Waals surface area contributed by atoms with Gasteiger partial charge in [0.05, 0.1) is 17.7 Å². The Bertz CT molecular complexity index is 1040. The van der Waals surface area contributed by atoms with E-state index < -0.39 is 21.9 Å². The highest BCUT2D eigenvalue weighted by atomic mass is 32.2. The van der Waals surface area contributed by atoms with Crippen LogP contribution < -0.4 is 5.32 Å². The Balaban J connectivity index is 1.62. The van der Waals surface area contributed by atoms with Gasteiger partial charge in [0.15, 0.2) is 0 Å². The second kappa shape index (κ2) is 8.69. The number of amides is 1. The van der Waals surface area contributed by atoms with Crippen molar-refractivity contribution >= 4 is 21.6 Å². The Labute approximate surface area is 169 Å². The SMILES string of the molecule is C[C@H](C(=O)Nc1cccc(C#N)c1)N1CCN(S(=O)(=O)c2ccccc2F)CC1. The third kappa shape index (κ3) is 4.62. The van der Waals surface area contributed by atoms with E-state index in [9.17, 15) is 17.6 Å². The van der Waals surface area contributed by atoms with Crippen molar-refractivity contribution < 1.29 is 17.6 Å². The zero-order chi connectivity index (χ0) is 21.0. The van der Waals surface area contributed by atoms with Gasteiger partial charge in [-0.15, -0.1) is 0 Å². The van der Waals surface area contributed by atoms with E-state index >= 15 is 0 Å². The zero-order valence-corrected chi connectivity index (χ0v) is 16.7. The first kappa shape index (κ1) is 20.9. The number of sulfonamides is 1. The third-order valence-corrected chi connectivity index (χ3v) is 6.85. The fraction of sp³-hybridized carbons (Fsp3) is 0.300. The smallest absolute Gasteiger partial charge is 0.246 e. The van der Waals surface area contributed by atoms with Gasteiger partial charge in [-0.1, -0.05) is 18.2 Å². The van der Waals surface area contributed by atoms with Crippen molar-refractivity contribution in [2.24, 2.45) is 0 Å². The van der Waals surface area contributed by atoms with E-state index in [0.29, 0.717) is 24.3 Å². The van der Waals surface area contributed by atoms with Crippen LogP contribution in [0.2, 0.25) is 0 Å². The normalized spacial score (nSPS) is 16.7. The van der Waals surface area contributed by atoms with Gasteiger partial charge in [-0.05, 0) is 37.3 Å². The Morgan fingerprint density at radius 2 is 1.83 bits per heavy atom. The van der Waals surface area contributed by atoms with Crippen molar-refractivity contribution in [2.45, 2.75) is 17.9 Å². The summed E-state index contributed by atoms with van der Waals surface area (Å²) < 4.78 is 40.5. The van der Waals surface area contributed by atoms with E-state index in [0.717, 1.165) is 6.07 Å². The summed E-state index contributed by atoms with van der Waals surface area (Å²) in [6.07, 6.45) is 0. The molecule has 9 heteroatoms. The molecule has 2 aromatic rings. The van der Waals surface area contributed by atoms with E-state index in [1.807, 2.05) is 11.0 Å². The molecule has 1 amide bonds. The number of benzene rings is 2. The summed E-state index contributed by atoms with van der Waals surface area (Å²) in [5.41, 5.74) is 0.976. The molecule has 1 atom stereocenters. The molecule has 0 spiro atoms. The van der Waals surface area contributed by atoms with Gasteiger partial charge >= 0.3 is 0 Å². The molecule has 3 rings (SSSR count). The predicted octanol–water partition coefficient (Wildman–Crippen LogP) is 2.03. The molecule has 1 aliphatic heterocycles. The molecule has 1 aliphatic rings. The standard InChI is InChI=1S/C20H21FN4O3S/c1-15(20(26)23-17-6-4-5-16(13-17)14-22)24-9-11-25(12-10-24)29(27,28)19-8-3-2-7-18(19)21/h2-8,13,15H,9-12H2,1H3,(H,23,26)/t15-/m1/s1. The maximum absolute atomic E-state index is 13.9. The van der Waals surface area contributed by atoms with Crippen molar-refractivity contribution in [3.63, 3.8) is 0 Å². The number of anilines is 1. The number of hydrogen-bond donors (Lipinski definition) is 1. The van der Waals surface area contributed by atoms with Crippen LogP contribution in [0.25, 0.3) is 0 Å². The summed E-state index contributed by atoms with van der Waals surface area (Å²) in [7, 11) is -3.92. The number of rotatable bonds is 5. The monoisotopic (exact) mass is 416 g/mol. The van der Waals surface area contributed by atoms with E-state index in [1.54, 1.807) is 31.2 Å². The lowest BCUT2D eigenvalue weighted by Crippen LogP contribution is -2.54. The maximum atomic E-state index is 13.9. The summed E-state index contributed by atoms with van der Waals surface area (Å²) in [5, 5.41) is 11.7. The van der Waals surface area contributed by atoms with Gasteiger partial charge in [0.2, 0.25) is 15.9 Å². The fourth-order valence-electron chi connectivity index (χ4n) is 3.20. The van der Waals surface area contributed by atoms with Crippen molar-refractivity contribution in [2.75, 3.05) is 31.5 Å². The molecule has 0 saturated carbocycles. The van der Waals surface area contributed by atoms with E-state index in [-0.39, 0.29) is 23.9 Å². The summed E-state index contributed by atoms with van der Waals surface area (Å²) >= 11 is 0. The first-order valence-corrected chi connectivity index (χ1v) is 10.6. The minimum atomic E-state index is -3.92. The number of hydrogen-bond acceptors (Lipinski definition) is 5. The molecular formula is C20H21FN4O3S. The largest absolute Gasteiger partial charge is 0.325 e. The Hall–Kier alpha value is -2.80. The number of carbonyl (C=O) groups excluding carboxylic acids is 1. The summed E-state index contributed by atoms with van der Waals surface area (Å²) in [6.45, 7) is 2.77. The zero-order valence-electron chi connectivity index (χ0n) is 15.9. The Kier molecular flexibility index (Phi) is 6.27. The van der Waals surface area contributed by atoms with Crippen LogP contribution in [0, 0.1) is 17.1 Å². The van der Waals surface area contributed by atoms with Crippen LogP contribution in [0.4, 0.5) is 10.1 Å². The molecule has 152 valence electrons. The number of carbonyl (C=O) groups is 1. The van der Waals surface area contributed by atoms with Gasteiger partial charge in [0, 0.05) is 31.9 Å². The molecule has 7 nitrogen and oxygen atoms in total. The lowest BCUT2D eigenvalue weighted by molar-refractivity contribution is -0.121. The molecule has 0 radical (unpaired) electrons. The third-order valence-electron chi connectivity index (χ3n) is 4.91. The Morgan fingerprint density at radius 1 is 1.14 bits per heavy atom. The second-order valence-electron chi connectivity index (χ2n) is 6.73. The summed E-state index contributed by atoms with van der Waals surface area (Å²) in [6, 6.07) is 13.5. The lowest BCUT2D eigenvalue weighted by Gasteiger charge is -2.36. The van der Waals surface area contributed by atoms with Crippen LogP contribution in [0.1, 0.15) is 12.5 Å². The van der Waals surface area contributed by atoms with E-state index in [4.69, 9.17) is 5.26 Å². The highest BCUT2D eigenvalue weighted by molar-refractivity contribution is 7.89. The van der Waals surface area contributed by atoms with Crippen molar-refractivity contribution in [1.82, 2.24) is 9.21 Å². The summed E-state index contributed by atoms with van der Waals surface area (Å²) in [4.78, 5) is 14.1. The molecule has 1 fully saturated rings. The lowest BCUT2D eigenvalue weighted by atomic mass is 10.2. The molecule has 0 bridgehead atoms. The summed E-state index contributed by atoms with van der Waals surface area (Å²) in [5.74, 6) is -1.02. The molecule has 1 saturated heterocycles. The number of nitrogens with zero attached hydrogens (tertiary/aromatic N) is 3. The second-order valence-corrected chi connectivity index (χ2v) is 8.63. The molecule has 1 heterocycles. The number of nitriles is 1. The molecular weight excluding hydrogens is 395 g/mol. The number of halogens is 1. The molecule has 0 aliphatic carbocycles. The molecule has 0 unspecified atom stereocenters. The van der Waals surface area contributed by atoms with E-state index in [2.05, 4.69) is 5.32 Å². The van der Waals surface area contributed by atoms with Gasteiger partial charge in [0.1, 0.15) is 10.7 Å². The van der Waals surface area contributed by atoms with Crippen LogP contribution in [-0.2, 0) is 14.8 Å². The highest BCUT2D eigenvalue weighted by Crippen LogP contribution is 2.21. The average Bonchev–Trinajstić information content (AvgIpc) is 2.73. The average molecular weight is 416 g/mol. The predicted molar refractivity (Wildman–Crippen MR) is 106 cm³/mol. The molecule has 29 heavy (non-hydrogen) atoms. The van der Waals surface area contributed by atoms with Gasteiger partial charge in [-0.2, -0.15) is 9.57 Å². The maximum Gasteiger partial charge on any atom is 0.246 e. The molecule has 0 aromatic heterocycles. The van der Waals surface area contributed by atoms with Crippen LogP contribution in [0.3, 0.4) is 0 Å². The van der Waals surface area contributed by atoms with Crippen molar-refractivity contribution in [3.8, 4) is 6.07 Å². The number of piperazine rings is 1. The minimum absolute atomic E-state index is 0.165. The Morgan fingerprint density at radius 3 is 2.48 bits per heavy atom. The highest BCUT2D eigenvalue weighted by Gasteiger charge is 2.33. The molecule has 1 N–H and O–H groups in total. The minimum Gasteiger partial charge on any atom is -0.325 e. The van der Waals surface area contributed by atoms with Gasteiger partial charge in [-0.3, -0.25) is 9.69 Å². The van der Waals surface area contributed by atoms with Crippen LogP contribution in [0.5, 0.6) is 0 Å². The van der Waals surface area contributed by atoms with Crippen molar-refractivity contribution in [1.29, 1.82) is 5.26 Å². The molecule has 2 aromatic carbocycles. The van der Waals surface area contributed by atoms with E-state index in [1.165, 1.54) is 22.5 Å². The fourth-order valence-corrected chi connectivity index (χ4v) is 4.69. The quantitative estimate of drug-likeness (QED) is 0.805. The first-order chi connectivity index (χ1) is 13.8. The van der Waals surface area contributed by atoms with Gasteiger partial charge < -0.3 is 5.32 Å². The van der Waals surface area contributed by atoms with Gasteiger partial charge in [0.25, 0.3) is 0 Å².